The van der Waals surface area contributed by atoms with E-state index in [0.29, 0.717) is 5.56 Å². The van der Waals surface area contributed by atoms with Gasteiger partial charge in [0.05, 0.1) is 6.54 Å². The van der Waals surface area contributed by atoms with Crippen LogP contribution in [0.4, 0.5) is 13.2 Å². The molecule has 0 unspecified atom stereocenters. The summed E-state index contributed by atoms with van der Waals surface area (Å²) >= 11 is -0.163. The fourth-order valence-corrected chi connectivity index (χ4v) is 1.59. The number of carbonyl (C=O) groups is 1. The van der Waals surface area contributed by atoms with E-state index < -0.39 is 5.51 Å². The van der Waals surface area contributed by atoms with Crippen LogP contribution in [0.1, 0.15) is 12.5 Å². The van der Waals surface area contributed by atoms with Crippen molar-refractivity contribution >= 4 is 17.7 Å². The zero-order chi connectivity index (χ0) is 13.6. The van der Waals surface area contributed by atoms with Gasteiger partial charge in [0.2, 0.25) is 5.91 Å². The van der Waals surface area contributed by atoms with Gasteiger partial charge in [0.1, 0.15) is 0 Å². The first kappa shape index (κ1) is 14.5. The predicted octanol–water partition coefficient (Wildman–Crippen LogP) is 2.79. The smallest absolute Gasteiger partial charge is 0.345 e. The average molecular weight is 273 g/mol. The summed E-state index contributed by atoms with van der Waals surface area (Å²) in [7, 11) is 0. The van der Waals surface area contributed by atoms with Crippen molar-refractivity contribution in [1.29, 1.82) is 0 Å². The zero-order valence-corrected chi connectivity index (χ0v) is 10.3. The van der Waals surface area contributed by atoms with Crippen LogP contribution >= 0.6 is 11.8 Å². The summed E-state index contributed by atoms with van der Waals surface area (Å²) in [5.41, 5.74) is -3.68. The summed E-state index contributed by atoms with van der Waals surface area (Å²) in [6, 6.07) is 5.74. The quantitative estimate of drug-likeness (QED) is 0.663. The number of carbonyl (C=O) groups excluding carboxylic acids is 1. The van der Waals surface area contributed by atoms with Crippen LogP contribution in [0.25, 0.3) is 0 Å². The molecule has 0 saturated carbocycles. The molecule has 0 heterocycles. The van der Waals surface area contributed by atoms with E-state index in [1.165, 1.54) is 31.2 Å². The Bertz CT molecular complexity index is 471. The standard InChI is InChI=1S/C12H10F3NOS/c1-9(17)16-8-2-3-10-4-6-11(7-5-10)18-12(13,14)15/h4-7H,8H2,1H3,(H,16,17). The van der Waals surface area contributed by atoms with E-state index in [9.17, 15) is 18.0 Å². The highest BCUT2D eigenvalue weighted by atomic mass is 32.2. The van der Waals surface area contributed by atoms with E-state index in [2.05, 4.69) is 17.2 Å². The Morgan fingerprint density at radius 2 is 1.94 bits per heavy atom. The van der Waals surface area contributed by atoms with Gasteiger partial charge in [-0.05, 0) is 36.0 Å². The van der Waals surface area contributed by atoms with Gasteiger partial charge in [-0.15, -0.1) is 0 Å². The fourth-order valence-electron chi connectivity index (χ4n) is 1.05. The SMILES string of the molecule is CC(=O)NCC#Cc1ccc(SC(F)(F)F)cc1. The summed E-state index contributed by atoms with van der Waals surface area (Å²) < 4.78 is 36.2. The number of halogens is 3. The molecule has 0 aromatic heterocycles. The molecule has 0 bridgehead atoms. The molecule has 0 aliphatic carbocycles. The van der Waals surface area contributed by atoms with Gasteiger partial charge < -0.3 is 5.32 Å². The Morgan fingerprint density at radius 3 is 2.44 bits per heavy atom. The number of thioether (sulfide) groups is 1. The molecule has 0 aliphatic heterocycles. The highest BCUT2D eigenvalue weighted by Gasteiger charge is 2.28. The number of rotatable bonds is 2. The first-order valence-electron chi connectivity index (χ1n) is 4.96. The molecule has 2 nitrogen and oxygen atoms in total. The van der Waals surface area contributed by atoms with Crippen molar-refractivity contribution in [1.82, 2.24) is 5.32 Å². The summed E-state index contributed by atoms with van der Waals surface area (Å²) in [4.78, 5) is 10.7. The molecular weight excluding hydrogens is 263 g/mol. The normalized spacial score (nSPS) is 10.4. The third-order valence-electron chi connectivity index (χ3n) is 1.75. The molecule has 0 fully saturated rings. The second-order valence-corrected chi connectivity index (χ2v) is 4.42. The number of benzene rings is 1. The first-order valence-corrected chi connectivity index (χ1v) is 5.77. The lowest BCUT2D eigenvalue weighted by Crippen LogP contribution is -2.19. The first-order chi connectivity index (χ1) is 8.37. The van der Waals surface area contributed by atoms with Crippen molar-refractivity contribution in [3.8, 4) is 11.8 Å². The van der Waals surface area contributed by atoms with E-state index >= 15 is 0 Å². The summed E-state index contributed by atoms with van der Waals surface area (Å²) in [5, 5.41) is 2.49. The predicted molar refractivity (Wildman–Crippen MR) is 63.9 cm³/mol. The third-order valence-corrected chi connectivity index (χ3v) is 2.49. The molecule has 18 heavy (non-hydrogen) atoms. The minimum atomic E-state index is -4.28. The van der Waals surface area contributed by atoms with Crippen LogP contribution in [-0.2, 0) is 4.79 Å². The lowest BCUT2D eigenvalue weighted by molar-refractivity contribution is -0.118. The Hall–Kier alpha value is -1.61. The monoisotopic (exact) mass is 273 g/mol. The average Bonchev–Trinajstić information content (AvgIpc) is 2.24. The molecule has 1 aromatic carbocycles. The van der Waals surface area contributed by atoms with E-state index in [0.717, 1.165) is 0 Å². The number of hydrogen-bond donors (Lipinski definition) is 1. The molecule has 1 amide bonds. The van der Waals surface area contributed by atoms with Crippen LogP contribution in [0.5, 0.6) is 0 Å². The molecule has 1 aromatic rings. The third kappa shape index (κ3) is 6.21. The minimum absolute atomic E-state index is 0.120. The van der Waals surface area contributed by atoms with Crippen molar-refractivity contribution in [3.63, 3.8) is 0 Å². The van der Waals surface area contributed by atoms with Crippen LogP contribution in [0.15, 0.2) is 29.2 Å². The van der Waals surface area contributed by atoms with Crippen LogP contribution in [0.3, 0.4) is 0 Å². The molecular formula is C12H10F3NOS. The van der Waals surface area contributed by atoms with Crippen LogP contribution in [-0.4, -0.2) is 18.0 Å². The van der Waals surface area contributed by atoms with E-state index in [1.807, 2.05) is 0 Å². The highest BCUT2D eigenvalue weighted by molar-refractivity contribution is 8.00. The molecule has 0 atom stereocenters. The van der Waals surface area contributed by atoms with Crippen LogP contribution in [0.2, 0.25) is 0 Å². The summed E-state index contributed by atoms with van der Waals surface area (Å²) in [6.45, 7) is 1.60. The van der Waals surface area contributed by atoms with Crippen molar-refractivity contribution in [2.75, 3.05) is 6.54 Å². The lowest BCUT2D eigenvalue weighted by atomic mass is 10.2. The number of alkyl halides is 3. The minimum Gasteiger partial charge on any atom is -0.345 e. The van der Waals surface area contributed by atoms with Gasteiger partial charge in [-0.3, -0.25) is 4.79 Å². The molecule has 1 rings (SSSR count). The molecule has 0 aliphatic rings. The summed E-state index contributed by atoms with van der Waals surface area (Å²) in [6.07, 6.45) is 0. The van der Waals surface area contributed by atoms with Gasteiger partial charge in [-0.2, -0.15) is 13.2 Å². The second kappa shape index (κ2) is 6.36. The van der Waals surface area contributed by atoms with Gasteiger partial charge in [0.25, 0.3) is 0 Å². The Balaban J connectivity index is 2.57. The zero-order valence-electron chi connectivity index (χ0n) is 9.47. The van der Waals surface area contributed by atoms with Crippen LogP contribution < -0.4 is 5.32 Å². The Labute approximate surface area is 107 Å². The lowest BCUT2D eigenvalue weighted by Gasteiger charge is -2.04. The number of nitrogens with one attached hydrogen (secondary N) is 1. The topological polar surface area (TPSA) is 29.1 Å². The van der Waals surface area contributed by atoms with Crippen molar-refractivity contribution in [3.05, 3.63) is 29.8 Å². The van der Waals surface area contributed by atoms with E-state index in [-0.39, 0.29) is 29.1 Å². The van der Waals surface area contributed by atoms with Crippen molar-refractivity contribution in [2.45, 2.75) is 17.3 Å². The maximum atomic E-state index is 12.1. The highest BCUT2D eigenvalue weighted by Crippen LogP contribution is 2.36. The molecule has 0 radical (unpaired) electrons. The van der Waals surface area contributed by atoms with Crippen LogP contribution in [0, 0.1) is 11.8 Å². The van der Waals surface area contributed by atoms with Crippen molar-refractivity contribution < 1.29 is 18.0 Å². The van der Waals surface area contributed by atoms with Gasteiger partial charge in [0, 0.05) is 17.4 Å². The molecule has 0 spiro atoms. The Morgan fingerprint density at radius 1 is 1.33 bits per heavy atom. The van der Waals surface area contributed by atoms with E-state index in [4.69, 9.17) is 0 Å². The number of hydrogen-bond acceptors (Lipinski definition) is 2. The largest absolute Gasteiger partial charge is 0.446 e. The van der Waals surface area contributed by atoms with Crippen molar-refractivity contribution in [2.24, 2.45) is 0 Å². The van der Waals surface area contributed by atoms with Gasteiger partial charge in [-0.25, -0.2) is 0 Å². The molecule has 96 valence electrons. The van der Waals surface area contributed by atoms with Gasteiger partial charge >= 0.3 is 5.51 Å². The van der Waals surface area contributed by atoms with E-state index in [1.54, 1.807) is 0 Å². The summed E-state index contributed by atoms with van der Waals surface area (Å²) in [5.74, 6) is 5.25. The Kier molecular flexibility index (Phi) is 5.10. The number of amides is 1. The maximum Gasteiger partial charge on any atom is 0.446 e. The second-order valence-electron chi connectivity index (χ2n) is 3.28. The van der Waals surface area contributed by atoms with Gasteiger partial charge in [-0.1, -0.05) is 11.8 Å². The van der Waals surface area contributed by atoms with Gasteiger partial charge in [0.15, 0.2) is 0 Å². The molecule has 0 saturated heterocycles. The molecule has 1 N–H and O–H groups in total. The molecule has 6 heteroatoms. The fraction of sp³-hybridized carbons (Fsp3) is 0.250. The maximum absolute atomic E-state index is 12.1.